The van der Waals surface area contributed by atoms with Crippen LogP contribution in [0.3, 0.4) is 0 Å². The van der Waals surface area contributed by atoms with E-state index in [9.17, 15) is 4.79 Å². The highest BCUT2D eigenvalue weighted by Gasteiger charge is 2.24. The second kappa shape index (κ2) is 7.46. The number of carbonyl (C=O) groups excluding carboxylic acids is 1. The van der Waals surface area contributed by atoms with E-state index in [1.165, 1.54) is 0 Å². The average molecular weight is 308 g/mol. The molecule has 1 amide bonds. The van der Waals surface area contributed by atoms with Crippen LogP contribution in [-0.2, 0) is 4.74 Å². The Balaban J connectivity index is 2.14. The molecule has 1 atom stereocenters. The second-order valence-electron chi connectivity index (χ2n) is 4.81. The largest absolute Gasteiger partial charge is 0.384 e. The van der Waals surface area contributed by atoms with Gasteiger partial charge in [-0.1, -0.05) is 30.4 Å². The summed E-state index contributed by atoms with van der Waals surface area (Å²) in [5.41, 5.74) is 1.15. The number of rotatable bonds is 2. The number of carbonyl (C=O) groups is 1. The van der Waals surface area contributed by atoms with Crippen molar-refractivity contribution in [2.75, 3.05) is 26.3 Å². The number of hydrogen-bond acceptors (Lipinski definition) is 3. The number of aliphatic hydroxyl groups excluding tert-OH is 1. The van der Waals surface area contributed by atoms with E-state index in [0.717, 1.165) is 6.42 Å². The van der Waals surface area contributed by atoms with Gasteiger partial charge in [-0.2, -0.15) is 0 Å². The van der Waals surface area contributed by atoms with Crippen LogP contribution in [0.5, 0.6) is 0 Å². The molecule has 5 heteroatoms. The Labute approximate surface area is 129 Å². The summed E-state index contributed by atoms with van der Waals surface area (Å²) in [7, 11) is 0. The number of nitrogens with zero attached hydrogens (tertiary/aromatic N) is 1. The number of benzene rings is 1. The lowest BCUT2D eigenvalue weighted by Gasteiger charge is -2.32. The predicted octanol–water partition coefficient (Wildman–Crippen LogP) is 1.93. The highest BCUT2D eigenvalue weighted by molar-refractivity contribution is 6.32. The van der Waals surface area contributed by atoms with Crippen molar-refractivity contribution in [3.05, 3.63) is 34.3 Å². The Morgan fingerprint density at radius 1 is 1.57 bits per heavy atom. The van der Waals surface area contributed by atoms with Gasteiger partial charge >= 0.3 is 0 Å². The SMILES string of the molecule is CCC1CN(C(=O)c2ccc(C#CCO)c(Cl)c2)CCO1. The summed E-state index contributed by atoms with van der Waals surface area (Å²) < 4.78 is 5.57. The summed E-state index contributed by atoms with van der Waals surface area (Å²) >= 11 is 6.12. The molecule has 21 heavy (non-hydrogen) atoms. The van der Waals surface area contributed by atoms with Crippen LogP contribution in [0.25, 0.3) is 0 Å². The second-order valence-corrected chi connectivity index (χ2v) is 5.21. The average Bonchev–Trinajstić information content (AvgIpc) is 2.53. The fraction of sp³-hybridized carbons (Fsp3) is 0.438. The minimum Gasteiger partial charge on any atom is -0.384 e. The smallest absolute Gasteiger partial charge is 0.254 e. The first-order valence-electron chi connectivity index (χ1n) is 6.95. The summed E-state index contributed by atoms with van der Waals surface area (Å²) in [6.45, 7) is 3.60. The van der Waals surface area contributed by atoms with Gasteiger partial charge in [0.2, 0.25) is 0 Å². The molecule has 4 nitrogen and oxygen atoms in total. The maximum absolute atomic E-state index is 12.5. The number of amides is 1. The molecule has 1 aromatic rings. The molecule has 0 radical (unpaired) electrons. The van der Waals surface area contributed by atoms with Crippen LogP contribution in [0.4, 0.5) is 0 Å². The summed E-state index contributed by atoms with van der Waals surface area (Å²) in [4.78, 5) is 14.3. The minimum atomic E-state index is -0.219. The molecule has 1 saturated heterocycles. The van der Waals surface area contributed by atoms with E-state index in [1.807, 2.05) is 6.92 Å². The first-order valence-corrected chi connectivity index (χ1v) is 7.33. The fourth-order valence-corrected chi connectivity index (χ4v) is 2.45. The monoisotopic (exact) mass is 307 g/mol. The van der Waals surface area contributed by atoms with Gasteiger partial charge in [-0.3, -0.25) is 4.79 Å². The zero-order valence-electron chi connectivity index (χ0n) is 11.9. The van der Waals surface area contributed by atoms with Crippen molar-refractivity contribution in [3.63, 3.8) is 0 Å². The van der Waals surface area contributed by atoms with Crippen molar-refractivity contribution in [2.24, 2.45) is 0 Å². The zero-order valence-corrected chi connectivity index (χ0v) is 12.7. The molecule has 112 valence electrons. The van der Waals surface area contributed by atoms with Crippen LogP contribution in [0.2, 0.25) is 5.02 Å². The van der Waals surface area contributed by atoms with Gasteiger partial charge in [0.1, 0.15) is 6.61 Å². The number of hydrogen-bond donors (Lipinski definition) is 1. The molecule has 0 spiro atoms. The van der Waals surface area contributed by atoms with Gasteiger partial charge in [0, 0.05) is 24.2 Å². The molecule has 0 bridgehead atoms. The normalized spacial score (nSPS) is 18.0. The Hall–Kier alpha value is -1.54. The van der Waals surface area contributed by atoms with E-state index in [2.05, 4.69) is 11.8 Å². The number of aliphatic hydroxyl groups is 1. The van der Waals surface area contributed by atoms with E-state index in [-0.39, 0.29) is 18.6 Å². The molecule has 1 aromatic carbocycles. The lowest BCUT2D eigenvalue weighted by molar-refractivity contribution is -0.0226. The Bertz CT molecular complexity index is 577. The Kier molecular flexibility index (Phi) is 5.63. The van der Waals surface area contributed by atoms with Crippen molar-refractivity contribution < 1.29 is 14.6 Å². The summed E-state index contributed by atoms with van der Waals surface area (Å²) in [5.74, 6) is 5.25. The van der Waals surface area contributed by atoms with Crippen molar-refractivity contribution in [2.45, 2.75) is 19.4 Å². The van der Waals surface area contributed by atoms with E-state index in [1.54, 1.807) is 23.1 Å². The molecule has 1 aliphatic heterocycles. The maximum atomic E-state index is 12.5. The molecule has 2 rings (SSSR count). The summed E-state index contributed by atoms with van der Waals surface area (Å²) in [6, 6.07) is 5.05. The minimum absolute atomic E-state index is 0.0414. The van der Waals surface area contributed by atoms with E-state index in [4.69, 9.17) is 21.4 Å². The highest BCUT2D eigenvalue weighted by Crippen LogP contribution is 2.19. The van der Waals surface area contributed by atoms with Crippen LogP contribution in [0, 0.1) is 11.8 Å². The molecule has 0 saturated carbocycles. The first-order chi connectivity index (χ1) is 10.2. The molecule has 0 aliphatic carbocycles. The third-order valence-electron chi connectivity index (χ3n) is 3.40. The van der Waals surface area contributed by atoms with Gasteiger partial charge in [-0.05, 0) is 24.6 Å². The maximum Gasteiger partial charge on any atom is 0.254 e. The van der Waals surface area contributed by atoms with Crippen molar-refractivity contribution in [1.29, 1.82) is 0 Å². The van der Waals surface area contributed by atoms with Gasteiger partial charge in [-0.15, -0.1) is 0 Å². The molecule has 1 fully saturated rings. The quantitative estimate of drug-likeness (QED) is 0.850. The van der Waals surface area contributed by atoms with Crippen LogP contribution in [0.15, 0.2) is 18.2 Å². The van der Waals surface area contributed by atoms with E-state index < -0.39 is 0 Å². The molecule has 1 unspecified atom stereocenters. The highest BCUT2D eigenvalue weighted by atomic mass is 35.5. The molecule has 0 aromatic heterocycles. The molecule has 1 N–H and O–H groups in total. The summed E-state index contributed by atoms with van der Waals surface area (Å²) in [6.07, 6.45) is 0.994. The molecular formula is C16H18ClNO3. The van der Waals surface area contributed by atoms with Crippen LogP contribution in [0.1, 0.15) is 29.3 Å². The zero-order chi connectivity index (χ0) is 15.2. The third kappa shape index (κ3) is 3.98. The lowest BCUT2D eigenvalue weighted by atomic mass is 10.1. The van der Waals surface area contributed by atoms with Crippen LogP contribution >= 0.6 is 11.6 Å². The van der Waals surface area contributed by atoms with E-state index in [0.29, 0.717) is 35.8 Å². The predicted molar refractivity (Wildman–Crippen MR) is 81.4 cm³/mol. The third-order valence-corrected chi connectivity index (χ3v) is 3.71. The standard InChI is InChI=1S/C16H18ClNO3/c1-2-14-11-18(7-9-21-14)16(20)13-6-5-12(4-3-8-19)15(17)10-13/h5-6,10,14,19H,2,7-9,11H2,1H3. The topological polar surface area (TPSA) is 49.8 Å². The Morgan fingerprint density at radius 2 is 2.38 bits per heavy atom. The van der Waals surface area contributed by atoms with Crippen LogP contribution in [-0.4, -0.2) is 48.3 Å². The van der Waals surface area contributed by atoms with Gasteiger partial charge in [0.05, 0.1) is 17.7 Å². The number of morpholine rings is 1. The first kappa shape index (κ1) is 15.8. The number of ether oxygens (including phenoxy) is 1. The Morgan fingerprint density at radius 3 is 3.05 bits per heavy atom. The van der Waals surface area contributed by atoms with Gasteiger partial charge in [0.25, 0.3) is 5.91 Å². The van der Waals surface area contributed by atoms with E-state index >= 15 is 0 Å². The fourth-order valence-electron chi connectivity index (χ4n) is 2.22. The van der Waals surface area contributed by atoms with Crippen LogP contribution < -0.4 is 0 Å². The molecule has 1 heterocycles. The van der Waals surface area contributed by atoms with Gasteiger partial charge in [-0.25, -0.2) is 0 Å². The van der Waals surface area contributed by atoms with Crippen molar-refractivity contribution in [1.82, 2.24) is 4.90 Å². The lowest BCUT2D eigenvalue weighted by Crippen LogP contribution is -2.45. The van der Waals surface area contributed by atoms with Crippen molar-refractivity contribution in [3.8, 4) is 11.8 Å². The molecule has 1 aliphatic rings. The number of halogens is 1. The van der Waals surface area contributed by atoms with Gasteiger partial charge < -0.3 is 14.7 Å². The van der Waals surface area contributed by atoms with Crippen molar-refractivity contribution >= 4 is 17.5 Å². The molecular weight excluding hydrogens is 290 g/mol. The summed E-state index contributed by atoms with van der Waals surface area (Å²) in [5, 5.41) is 9.11. The van der Waals surface area contributed by atoms with Gasteiger partial charge in [0.15, 0.2) is 0 Å².